The molecule has 6 nitrogen and oxygen atoms in total. The molecule has 4 aliphatic rings. The molecule has 4 aliphatic carbocycles. The number of aryl methyl sites for hydroxylation is 1. The van der Waals surface area contributed by atoms with E-state index in [1.807, 2.05) is 31.2 Å². The third-order valence-corrected chi connectivity index (χ3v) is 14.9. The molecule has 1 amide bonds. The van der Waals surface area contributed by atoms with Gasteiger partial charge >= 0.3 is 6.09 Å². The van der Waals surface area contributed by atoms with Gasteiger partial charge in [-0.25, -0.2) is 4.79 Å². The highest BCUT2D eigenvalue weighted by atomic mass is 32.1. The standard InChI is InChI=1S/C45H61NO5S2/c1-29(2)36-16-12-31(4)25-40(36)51-43(49)46(23-20-35-10-8-24-52-35)28-45(50)22-19-39-37-17-14-33(27-38(37)42(48)41-18-13-32(5)53-41)26-34(47)15-11-30(3)9-7-21-44(39,45)6/h8-10,13-14,17-18,24,27,29,31,34,36,39-40,47,50H,7,11-12,15-16,19-23,25-26,28H2,1-6H3. The molecular formula is C45H61NO5S2. The Hall–Kier alpha value is -2.78. The van der Waals surface area contributed by atoms with Crippen molar-refractivity contribution < 1.29 is 24.5 Å². The molecule has 2 saturated carbocycles. The minimum absolute atomic E-state index is 0.00219. The van der Waals surface area contributed by atoms with Gasteiger partial charge in [0.15, 0.2) is 0 Å². The van der Waals surface area contributed by atoms with Crippen LogP contribution >= 0.6 is 22.7 Å². The summed E-state index contributed by atoms with van der Waals surface area (Å²) in [5.41, 5.74) is 1.96. The zero-order valence-corrected chi connectivity index (χ0v) is 34.4. The van der Waals surface area contributed by atoms with Crippen molar-refractivity contribution in [3.63, 3.8) is 0 Å². The number of fused-ring (bicyclic) bond motifs is 8. The lowest BCUT2D eigenvalue weighted by atomic mass is 9.64. The zero-order valence-electron chi connectivity index (χ0n) is 32.7. The summed E-state index contributed by atoms with van der Waals surface area (Å²) in [6.07, 6.45) is 9.72. The van der Waals surface area contributed by atoms with Crippen LogP contribution in [0.25, 0.3) is 0 Å². The van der Waals surface area contributed by atoms with Crippen molar-refractivity contribution in [2.45, 2.75) is 136 Å². The van der Waals surface area contributed by atoms with Gasteiger partial charge in [0.1, 0.15) is 6.10 Å². The molecule has 0 radical (unpaired) electrons. The van der Waals surface area contributed by atoms with E-state index in [1.165, 1.54) is 21.8 Å². The fraction of sp³-hybridized carbons (Fsp3) is 0.600. The van der Waals surface area contributed by atoms with Gasteiger partial charge in [-0.2, -0.15) is 0 Å². The van der Waals surface area contributed by atoms with Crippen molar-refractivity contribution in [1.82, 2.24) is 4.90 Å². The second-order valence-corrected chi connectivity index (χ2v) is 19.5. The van der Waals surface area contributed by atoms with Gasteiger partial charge in [0, 0.05) is 27.3 Å². The van der Waals surface area contributed by atoms with Crippen molar-refractivity contribution in [1.29, 1.82) is 0 Å². The highest BCUT2D eigenvalue weighted by Crippen LogP contribution is 2.59. The van der Waals surface area contributed by atoms with Gasteiger partial charge in [-0.1, -0.05) is 64.0 Å². The monoisotopic (exact) mass is 759 g/mol. The summed E-state index contributed by atoms with van der Waals surface area (Å²) in [6.45, 7) is 13.7. The van der Waals surface area contributed by atoms with E-state index in [0.717, 1.165) is 48.1 Å². The fourth-order valence-electron chi connectivity index (χ4n) is 9.59. The topological polar surface area (TPSA) is 87.1 Å². The average molecular weight is 760 g/mol. The van der Waals surface area contributed by atoms with Crippen LogP contribution in [0.5, 0.6) is 0 Å². The van der Waals surface area contributed by atoms with E-state index in [0.29, 0.717) is 73.3 Å². The molecule has 7 rings (SSSR count). The number of nitrogens with zero attached hydrogens (tertiary/aromatic N) is 1. The maximum absolute atomic E-state index is 14.4. The van der Waals surface area contributed by atoms with E-state index in [-0.39, 0.29) is 30.4 Å². The number of aliphatic hydroxyl groups is 2. The lowest BCUT2D eigenvalue weighted by Crippen LogP contribution is -2.54. The summed E-state index contributed by atoms with van der Waals surface area (Å²) in [7, 11) is 0. The highest BCUT2D eigenvalue weighted by Gasteiger charge is 2.58. The smallest absolute Gasteiger partial charge is 0.410 e. The molecule has 0 aliphatic heterocycles. The number of allylic oxidation sites excluding steroid dienone is 2. The molecule has 7 atom stereocenters. The predicted octanol–water partition coefficient (Wildman–Crippen LogP) is 10.5. The maximum Gasteiger partial charge on any atom is 0.410 e. The molecule has 2 aromatic heterocycles. The van der Waals surface area contributed by atoms with Crippen molar-refractivity contribution >= 4 is 34.6 Å². The Morgan fingerprint density at radius 3 is 2.58 bits per heavy atom. The Morgan fingerprint density at radius 2 is 1.87 bits per heavy atom. The molecule has 8 heteroatoms. The summed E-state index contributed by atoms with van der Waals surface area (Å²) >= 11 is 3.20. The number of rotatable bonds is 9. The molecule has 288 valence electrons. The fourth-order valence-corrected chi connectivity index (χ4v) is 11.1. The second-order valence-electron chi connectivity index (χ2n) is 17.2. The van der Waals surface area contributed by atoms with E-state index in [2.05, 4.69) is 64.3 Å². The van der Waals surface area contributed by atoms with E-state index >= 15 is 0 Å². The van der Waals surface area contributed by atoms with Crippen LogP contribution in [-0.4, -0.2) is 57.9 Å². The first-order valence-corrected chi connectivity index (χ1v) is 21.7. The third kappa shape index (κ3) is 9.03. The Labute approximate surface area is 325 Å². The number of ether oxygens (including phenoxy) is 1. The van der Waals surface area contributed by atoms with Crippen LogP contribution in [0.4, 0.5) is 4.79 Å². The van der Waals surface area contributed by atoms with Gasteiger partial charge in [-0.15, -0.1) is 22.7 Å². The van der Waals surface area contributed by atoms with Gasteiger partial charge < -0.3 is 19.8 Å². The summed E-state index contributed by atoms with van der Waals surface area (Å²) in [5, 5.41) is 26.2. The van der Waals surface area contributed by atoms with Crippen molar-refractivity contribution in [3.8, 4) is 0 Å². The number of carbonyl (C=O) groups excluding carboxylic acids is 2. The van der Waals surface area contributed by atoms with Crippen LogP contribution in [0.15, 0.2) is 59.5 Å². The minimum Gasteiger partial charge on any atom is -0.446 e. The number of thiophene rings is 2. The SMILES string of the molecule is CC1=CCCC2(C)C(CCC2(O)CN(CCc2cccs2)C(=O)OC2CC(C)CCC2C(C)C)c2ccc(cc2C(=O)c2ccc(C)s2)CC(O)CC1. The summed E-state index contributed by atoms with van der Waals surface area (Å²) < 4.78 is 6.48. The number of ketones is 1. The van der Waals surface area contributed by atoms with Crippen molar-refractivity contribution in [2.75, 3.05) is 13.1 Å². The first-order chi connectivity index (χ1) is 25.3. The van der Waals surface area contributed by atoms with Crippen LogP contribution in [0.2, 0.25) is 0 Å². The van der Waals surface area contributed by atoms with E-state index in [4.69, 9.17) is 4.74 Å². The normalized spacial score (nSPS) is 29.4. The molecular weight excluding hydrogens is 699 g/mol. The third-order valence-electron chi connectivity index (χ3n) is 13.0. The zero-order chi connectivity index (χ0) is 37.9. The van der Waals surface area contributed by atoms with Gasteiger partial charge in [-0.05, 0) is 142 Å². The van der Waals surface area contributed by atoms with Crippen LogP contribution in [0.3, 0.4) is 0 Å². The molecule has 2 heterocycles. The number of aliphatic hydroxyl groups excluding tert-OH is 1. The Kier molecular flexibility index (Phi) is 12.7. The minimum atomic E-state index is -1.21. The Bertz CT molecular complexity index is 1740. The summed E-state index contributed by atoms with van der Waals surface area (Å²) in [5.74, 6) is 1.14. The van der Waals surface area contributed by atoms with Crippen LogP contribution in [0.1, 0.15) is 134 Å². The van der Waals surface area contributed by atoms with Crippen molar-refractivity contribution in [2.24, 2.45) is 23.2 Å². The number of hydrogen-bond donors (Lipinski definition) is 2. The van der Waals surface area contributed by atoms with E-state index in [1.54, 1.807) is 16.2 Å². The summed E-state index contributed by atoms with van der Waals surface area (Å²) in [6, 6.07) is 14.2. The number of hydrogen-bond acceptors (Lipinski definition) is 7. The largest absolute Gasteiger partial charge is 0.446 e. The van der Waals surface area contributed by atoms with Gasteiger partial charge in [0.05, 0.1) is 23.1 Å². The second kappa shape index (κ2) is 16.9. The summed E-state index contributed by atoms with van der Waals surface area (Å²) in [4.78, 5) is 33.6. The Balaban J connectivity index is 1.37. The first-order valence-electron chi connectivity index (χ1n) is 20.0. The molecule has 3 aromatic rings. The van der Waals surface area contributed by atoms with Gasteiger partial charge in [0.2, 0.25) is 5.78 Å². The van der Waals surface area contributed by atoms with Gasteiger partial charge in [0.25, 0.3) is 0 Å². The van der Waals surface area contributed by atoms with Crippen LogP contribution < -0.4 is 0 Å². The lowest BCUT2D eigenvalue weighted by molar-refractivity contribution is -0.0861. The molecule has 0 spiro atoms. The number of amides is 1. The number of carbonyl (C=O) groups is 2. The first kappa shape index (κ1) is 39.9. The van der Waals surface area contributed by atoms with Crippen LogP contribution in [-0.2, 0) is 17.6 Å². The molecule has 7 unspecified atom stereocenters. The Morgan fingerprint density at radius 1 is 1.06 bits per heavy atom. The number of benzene rings is 1. The molecule has 1 aromatic carbocycles. The predicted molar refractivity (Wildman–Crippen MR) is 217 cm³/mol. The molecule has 0 saturated heterocycles. The van der Waals surface area contributed by atoms with E-state index in [9.17, 15) is 19.8 Å². The molecule has 2 bridgehead atoms. The van der Waals surface area contributed by atoms with Gasteiger partial charge in [-0.3, -0.25) is 4.79 Å². The average Bonchev–Trinajstić information content (AvgIpc) is 3.85. The van der Waals surface area contributed by atoms with Crippen LogP contribution in [0, 0.1) is 30.1 Å². The quantitative estimate of drug-likeness (QED) is 0.168. The maximum atomic E-state index is 14.4. The molecule has 2 N–H and O–H groups in total. The van der Waals surface area contributed by atoms with E-state index < -0.39 is 17.1 Å². The molecule has 2 fully saturated rings. The molecule has 53 heavy (non-hydrogen) atoms. The van der Waals surface area contributed by atoms with Crippen molar-refractivity contribution in [3.05, 3.63) is 90.8 Å². The lowest BCUT2D eigenvalue weighted by Gasteiger charge is -2.46. The highest BCUT2D eigenvalue weighted by molar-refractivity contribution is 7.14.